The van der Waals surface area contributed by atoms with Crippen LogP contribution in [-0.2, 0) is 9.59 Å². The molecule has 21 heavy (non-hydrogen) atoms. The van der Waals surface area contributed by atoms with Gasteiger partial charge in [-0.25, -0.2) is 0 Å². The van der Waals surface area contributed by atoms with E-state index in [1.165, 1.54) is 32.1 Å². The molecule has 2 amide bonds. The predicted molar refractivity (Wildman–Crippen MR) is 83.8 cm³/mol. The van der Waals surface area contributed by atoms with E-state index in [1.807, 2.05) is 4.90 Å². The highest BCUT2D eigenvalue weighted by Crippen LogP contribution is 2.30. The Kier molecular flexibility index (Phi) is 5.65. The molecule has 1 N–H and O–H groups in total. The molecule has 0 spiro atoms. The van der Waals surface area contributed by atoms with Crippen LogP contribution < -0.4 is 5.32 Å². The van der Waals surface area contributed by atoms with Crippen LogP contribution in [0.15, 0.2) is 0 Å². The Balaban J connectivity index is 2.08. The van der Waals surface area contributed by atoms with Gasteiger partial charge in [-0.05, 0) is 38.0 Å². The summed E-state index contributed by atoms with van der Waals surface area (Å²) in [7, 11) is 0. The first-order valence-corrected chi connectivity index (χ1v) is 8.59. The third-order valence-electron chi connectivity index (χ3n) is 5.03. The number of carbonyl (C=O) groups is 2. The summed E-state index contributed by atoms with van der Waals surface area (Å²) in [4.78, 5) is 26.7. The summed E-state index contributed by atoms with van der Waals surface area (Å²) in [5, 5.41) is 2.92. The van der Waals surface area contributed by atoms with Gasteiger partial charge in [-0.3, -0.25) is 9.59 Å². The largest absolute Gasteiger partial charge is 0.344 e. The predicted octanol–water partition coefficient (Wildman–Crippen LogP) is 2.72. The number of hydrogen-bond donors (Lipinski definition) is 1. The highest BCUT2D eigenvalue weighted by atomic mass is 16.2. The Hall–Kier alpha value is -1.06. The Labute approximate surface area is 128 Å². The molecule has 120 valence electrons. The average molecular weight is 294 g/mol. The second kappa shape index (κ2) is 7.28. The number of hydrogen-bond acceptors (Lipinski definition) is 2. The van der Waals surface area contributed by atoms with E-state index in [9.17, 15) is 9.59 Å². The lowest BCUT2D eigenvalue weighted by Gasteiger charge is -2.37. The molecule has 0 aromatic carbocycles. The quantitative estimate of drug-likeness (QED) is 0.866. The molecule has 1 aliphatic heterocycles. The van der Waals surface area contributed by atoms with Crippen molar-refractivity contribution in [3.63, 3.8) is 0 Å². The third kappa shape index (κ3) is 4.21. The molecule has 2 unspecified atom stereocenters. The maximum absolute atomic E-state index is 12.8. The molecule has 1 heterocycles. The lowest BCUT2D eigenvalue weighted by Crippen LogP contribution is -2.50. The van der Waals surface area contributed by atoms with E-state index < -0.39 is 0 Å². The lowest BCUT2D eigenvalue weighted by molar-refractivity contribution is -0.137. The van der Waals surface area contributed by atoms with Gasteiger partial charge in [0.25, 0.3) is 0 Å². The standard InChI is InChI=1S/C17H30N2O2/c1-12(2)11-15-17(21)19(10-9-16(20)18-15)13(3)14-7-5-4-6-8-14/h12-15H,4-11H2,1-3H3,(H,18,20). The SMILES string of the molecule is CC(C)CC1NC(=O)CCN(C(C)C2CCCCC2)C1=O. The number of amides is 2. The fraction of sp³-hybridized carbons (Fsp3) is 0.882. The highest BCUT2D eigenvalue weighted by Gasteiger charge is 2.35. The molecule has 2 rings (SSSR count). The summed E-state index contributed by atoms with van der Waals surface area (Å²) < 4.78 is 0. The van der Waals surface area contributed by atoms with Gasteiger partial charge in [0, 0.05) is 19.0 Å². The molecule has 2 aliphatic rings. The summed E-state index contributed by atoms with van der Waals surface area (Å²) in [6, 6.07) is -0.0637. The van der Waals surface area contributed by atoms with Crippen LogP contribution in [0.5, 0.6) is 0 Å². The molecular formula is C17H30N2O2. The van der Waals surface area contributed by atoms with Crippen LogP contribution in [0, 0.1) is 11.8 Å². The van der Waals surface area contributed by atoms with Gasteiger partial charge < -0.3 is 10.2 Å². The van der Waals surface area contributed by atoms with E-state index in [2.05, 4.69) is 26.1 Å². The van der Waals surface area contributed by atoms with Gasteiger partial charge in [0.15, 0.2) is 0 Å². The van der Waals surface area contributed by atoms with Crippen LogP contribution in [-0.4, -0.2) is 35.3 Å². The van der Waals surface area contributed by atoms with Crippen molar-refractivity contribution in [3.8, 4) is 0 Å². The Morgan fingerprint density at radius 3 is 2.43 bits per heavy atom. The van der Waals surface area contributed by atoms with Crippen molar-refractivity contribution in [3.05, 3.63) is 0 Å². The number of nitrogens with zero attached hydrogens (tertiary/aromatic N) is 1. The van der Waals surface area contributed by atoms with Crippen LogP contribution >= 0.6 is 0 Å². The molecule has 1 aliphatic carbocycles. The Morgan fingerprint density at radius 1 is 1.14 bits per heavy atom. The van der Waals surface area contributed by atoms with Crippen molar-refractivity contribution in [2.45, 2.75) is 77.8 Å². The molecule has 4 heteroatoms. The first kappa shape index (κ1) is 16.3. The molecule has 0 radical (unpaired) electrons. The first-order valence-electron chi connectivity index (χ1n) is 8.59. The van der Waals surface area contributed by atoms with Crippen LogP contribution in [0.2, 0.25) is 0 Å². The summed E-state index contributed by atoms with van der Waals surface area (Å²) in [5.41, 5.74) is 0. The minimum atomic E-state index is -0.328. The van der Waals surface area contributed by atoms with Gasteiger partial charge in [0.05, 0.1) is 0 Å². The molecule has 1 saturated heterocycles. The van der Waals surface area contributed by atoms with Gasteiger partial charge >= 0.3 is 0 Å². The monoisotopic (exact) mass is 294 g/mol. The molecule has 1 saturated carbocycles. The van der Waals surface area contributed by atoms with E-state index >= 15 is 0 Å². The van der Waals surface area contributed by atoms with Crippen molar-refractivity contribution in [2.75, 3.05) is 6.54 Å². The zero-order chi connectivity index (χ0) is 15.4. The Morgan fingerprint density at radius 2 is 1.81 bits per heavy atom. The number of nitrogens with one attached hydrogen (secondary N) is 1. The molecule has 2 atom stereocenters. The van der Waals surface area contributed by atoms with E-state index in [-0.39, 0.29) is 23.9 Å². The van der Waals surface area contributed by atoms with E-state index in [0.717, 1.165) is 6.42 Å². The number of carbonyl (C=O) groups excluding carboxylic acids is 2. The zero-order valence-electron chi connectivity index (χ0n) is 13.7. The molecule has 0 bridgehead atoms. The summed E-state index contributed by atoms with van der Waals surface area (Å²) in [5.74, 6) is 1.17. The second-order valence-corrected chi connectivity index (χ2v) is 7.17. The van der Waals surface area contributed by atoms with Crippen molar-refractivity contribution in [2.24, 2.45) is 11.8 Å². The summed E-state index contributed by atoms with van der Waals surface area (Å²) >= 11 is 0. The van der Waals surface area contributed by atoms with Gasteiger partial charge in [-0.2, -0.15) is 0 Å². The second-order valence-electron chi connectivity index (χ2n) is 7.17. The van der Waals surface area contributed by atoms with Gasteiger partial charge in [-0.15, -0.1) is 0 Å². The molecule has 0 aromatic rings. The third-order valence-corrected chi connectivity index (χ3v) is 5.03. The lowest BCUT2D eigenvalue weighted by atomic mass is 9.83. The van der Waals surface area contributed by atoms with Gasteiger partial charge in [0.2, 0.25) is 11.8 Å². The van der Waals surface area contributed by atoms with Crippen LogP contribution in [0.3, 0.4) is 0 Å². The summed E-state index contributed by atoms with van der Waals surface area (Å²) in [6.07, 6.45) is 7.51. The molecule has 2 fully saturated rings. The van der Waals surface area contributed by atoms with E-state index in [4.69, 9.17) is 0 Å². The fourth-order valence-corrected chi connectivity index (χ4v) is 3.77. The topological polar surface area (TPSA) is 49.4 Å². The normalized spacial score (nSPS) is 26.7. The van der Waals surface area contributed by atoms with Gasteiger partial charge in [-0.1, -0.05) is 33.1 Å². The first-order chi connectivity index (χ1) is 9.99. The summed E-state index contributed by atoms with van der Waals surface area (Å²) in [6.45, 7) is 6.95. The average Bonchev–Trinajstić information content (AvgIpc) is 2.59. The molecule has 4 nitrogen and oxygen atoms in total. The minimum absolute atomic E-state index is 0.0207. The van der Waals surface area contributed by atoms with Crippen molar-refractivity contribution in [1.29, 1.82) is 0 Å². The van der Waals surface area contributed by atoms with Crippen LogP contribution in [0.4, 0.5) is 0 Å². The molecule has 0 aromatic heterocycles. The number of rotatable bonds is 4. The van der Waals surface area contributed by atoms with Crippen molar-refractivity contribution in [1.82, 2.24) is 10.2 Å². The van der Waals surface area contributed by atoms with Gasteiger partial charge in [0.1, 0.15) is 6.04 Å². The Bertz CT molecular complexity index is 375. The smallest absolute Gasteiger partial charge is 0.245 e. The maximum atomic E-state index is 12.8. The fourth-order valence-electron chi connectivity index (χ4n) is 3.77. The van der Waals surface area contributed by atoms with E-state index in [0.29, 0.717) is 24.8 Å². The van der Waals surface area contributed by atoms with Crippen LogP contribution in [0.25, 0.3) is 0 Å². The van der Waals surface area contributed by atoms with Crippen molar-refractivity contribution >= 4 is 11.8 Å². The maximum Gasteiger partial charge on any atom is 0.245 e. The zero-order valence-corrected chi connectivity index (χ0v) is 13.7. The van der Waals surface area contributed by atoms with Crippen LogP contribution in [0.1, 0.15) is 65.7 Å². The minimum Gasteiger partial charge on any atom is -0.344 e. The van der Waals surface area contributed by atoms with E-state index in [1.54, 1.807) is 0 Å². The highest BCUT2D eigenvalue weighted by molar-refractivity contribution is 5.90. The van der Waals surface area contributed by atoms with Crippen molar-refractivity contribution < 1.29 is 9.59 Å². The molecular weight excluding hydrogens is 264 g/mol.